The summed E-state index contributed by atoms with van der Waals surface area (Å²) in [7, 11) is 4.13. The number of benzene rings is 1. The zero-order valence-corrected chi connectivity index (χ0v) is 8.96. The molecule has 0 aromatic heterocycles. The molecule has 2 N–H and O–H groups in total. The van der Waals surface area contributed by atoms with Crippen LogP contribution in [-0.2, 0) is 6.42 Å². The van der Waals surface area contributed by atoms with E-state index in [1.165, 1.54) is 29.7 Å². The fraction of sp³-hybridized carbons (Fsp3) is 0.500. The van der Waals surface area contributed by atoms with Crippen molar-refractivity contribution in [3.05, 3.63) is 29.3 Å². The van der Waals surface area contributed by atoms with Crippen molar-refractivity contribution in [3.8, 4) is 0 Å². The van der Waals surface area contributed by atoms with E-state index < -0.39 is 0 Å². The lowest BCUT2D eigenvalue weighted by atomic mass is 9.88. The molecule has 0 unspecified atom stereocenters. The number of aryl methyl sites for hydroxylation is 1. The van der Waals surface area contributed by atoms with Crippen molar-refractivity contribution >= 4 is 5.69 Å². The monoisotopic (exact) mass is 190 g/mol. The maximum Gasteiger partial charge on any atom is 0.0364 e. The SMILES string of the molecule is CN(C)c1ccc2c(c1)[C@H](N)CCC2. The van der Waals surface area contributed by atoms with Gasteiger partial charge in [0.1, 0.15) is 0 Å². The van der Waals surface area contributed by atoms with Gasteiger partial charge in [0.25, 0.3) is 0 Å². The minimum Gasteiger partial charge on any atom is -0.378 e. The second kappa shape index (κ2) is 3.62. The Kier molecular flexibility index (Phi) is 2.46. The van der Waals surface area contributed by atoms with E-state index in [0.717, 1.165) is 6.42 Å². The number of fused-ring (bicyclic) bond motifs is 1. The molecule has 2 nitrogen and oxygen atoms in total. The third-order valence-corrected chi connectivity index (χ3v) is 3.01. The molecule has 1 aromatic rings. The highest BCUT2D eigenvalue weighted by Gasteiger charge is 2.16. The van der Waals surface area contributed by atoms with Gasteiger partial charge in [-0.15, -0.1) is 0 Å². The molecular weight excluding hydrogens is 172 g/mol. The van der Waals surface area contributed by atoms with Crippen molar-refractivity contribution in [2.24, 2.45) is 5.73 Å². The van der Waals surface area contributed by atoms with Crippen LogP contribution in [-0.4, -0.2) is 14.1 Å². The van der Waals surface area contributed by atoms with Crippen molar-refractivity contribution in [1.82, 2.24) is 0 Å². The largest absolute Gasteiger partial charge is 0.378 e. The minimum atomic E-state index is 0.249. The summed E-state index contributed by atoms with van der Waals surface area (Å²) in [6, 6.07) is 6.89. The molecule has 0 spiro atoms. The first-order valence-electron chi connectivity index (χ1n) is 5.24. The van der Waals surface area contributed by atoms with Crippen molar-refractivity contribution in [2.45, 2.75) is 25.3 Å². The molecule has 0 bridgehead atoms. The summed E-state index contributed by atoms with van der Waals surface area (Å²) < 4.78 is 0. The summed E-state index contributed by atoms with van der Waals surface area (Å²) in [4.78, 5) is 2.13. The number of hydrogen-bond acceptors (Lipinski definition) is 2. The van der Waals surface area contributed by atoms with Gasteiger partial charge in [-0.2, -0.15) is 0 Å². The lowest BCUT2D eigenvalue weighted by Crippen LogP contribution is -2.18. The normalized spacial score (nSPS) is 20.4. The first kappa shape index (κ1) is 9.53. The van der Waals surface area contributed by atoms with E-state index in [1.807, 2.05) is 0 Å². The Bertz CT molecular complexity index is 331. The number of nitrogens with two attached hydrogens (primary N) is 1. The van der Waals surface area contributed by atoms with Crippen LogP contribution in [0.2, 0.25) is 0 Å². The summed E-state index contributed by atoms with van der Waals surface area (Å²) >= 11 is 0. The highest BCUT2D eigenvalue weighted by Crippen LogP contribution is 2.30. The third kappa shape index (κ3) is 1.62. The zero-order valence-electron chi connectivity index (χ0n) is 8.96. The maximum absolute atomic E-state index is 6.10. The van der Waals surface area contributed by atoms with Crippen LogP contribution in [0.5, 0.6) is 0 Å². The van der Waals surface area contributed by atoms with Crippen LogP contribution in [0.25, 0.3) is 0 Å². The molecule has 0 fully saturated rings. The highest BCUT2D eigenvalue weighted by atomic mass is 15.1. The van der Waals surface area contributed by atoms with Crippen LogP contribution in [0.4, 0.5) is 5.69 Å². The van der Waals surface area contributed by atoms with Gasteiger partial charge >= 0.3 is 0 Å². The topological polar surface area (TPSA) is 29.3 Å². The standard InChI is InChI=1S/C12H18N2/c1-14(2)10-7-6-9-4-3-5-12(13)11(9)8-10/h6-8,12H,3-5,13H2,1-2H3/t12-/m1/s1. The summed E-state index contributed by atoms with van der Waals surface area (Å²) in [5, 5.41) is 0. The summed E-state index contributed by atoms with van der Waals surface area (Å²) in [6.07, 6.45) is 3.55. The number of anilines is 1. The molecule has 1 atom stereocenters. The Morgan fingerprint density at radius 3 is 2.86 bits per heavy atom. The molecule has 14 heavy (non-hydrogen) atoms. The van der Waals surface area contributed by atoms with Crippen molar-refractivity contribution < 1.29 is 0 Å². The predicted octanol–water partition coefficient (Wildman–Crippen LogP) is 2.09. The quantitative estimate of drug-likeness (QED) is 0.734. The van der Waals surface area contributed by atoms with Gasteiger partial charge in [-0.05, 0) is 42.5 Å². The Morgan fingerprint density at radius 1 is 1.36 bits per heavy atom. The van der Waals surface area contributed by atoms with Gasteiger partial charge in [-0.1, -0.05) is 6.07 Å². The lowest BCUT2D eigenvalue weighted by molar-refractivity contribution is 0.570. The molecule has 76 valence electrons. The zero-order chi connectivity index (χ0) is 10.1. The van der Waals surface area contributed by atoms with Crippen molar-refractivity contribution in [2.75, 3.05) is 19.0 Å². The van der Waals surface area contributed by atoms with Crippen LogP contribution in [0.1, 0.15) is 30.0 Å². The summed E-state index contributed by atoms with van der Waals surface area (Å²) in [5.74, 6) is 0. The number of nitrogens with zero attached hydrogens (tertiary/aromatic N) is 1. The molecule has 0 saturated carbocycles. The Labute approximate surface area is 85.7 Å². The molecule has 0 amide bonds. The van der Waals surface area contributed by atoms with E-state index in [1.54, 1.807) is 0 Å². The van der Waals surface area contributed by atoms with E-state index >= 15 is 0 Å². The van der Waals surface area contributed by atoms with Gasteiger partial charge in [0.05, 0.1) is 0 Å². The first-order chi connectivity index (χ1) is 6.68. The number of rotatable bonds is 1. The van der Waals surface area contributed by atoms with Crippen LogP contribution < -0.4 is 10.6 Å². The average Bonchev–Trinajstić information content (AvgIpc) is 2.18. The van der Waals surface area contributed by atoms with Crippen LogP contribution in [0, 0.1) is 0 Å². The molecular formula is C12H18N2. The van der Waals surface area contributed by atoms with Crippen LogP contribution in [0.15, 0.2) is 18.2 Å². The van der Waals surface area contributed by atoms with Gasteiger partial charge in [-0.3, -0.25) is 0 Å². The maximum atomic E-state index is 6.10. The molecule has 1 aliphatic carbocycles. The molecule has 2 heteroatoms. The Morgan fingerprint density at radius 2 is 2.14 bits per heavy atom. The Hall–Kier alpha value is -1.02. The van der Waals surface area contributed by atoms with E-state index in [0.29, 0.717) is 0 Å². The lowest BCUT2D eigenvalue weighted by Gasteiger charge is -2.24. The molecule has 2 rings (SSSR count). The van der Waals surface area contributed by atoms with Crippen LogP contribution >= 0.6 is 0 Å². The van der Waals surface area contributed by atoms with E-state index in [-0.39, 0.29) is 6.04 Å². The van der Waals surface area contributed by atoms with Gasteiger partial charge in [0.15, 0.2) is 0 Å². The molecule has 0 saturated heterocycles. The molecule has 0 heterocycles. The molecule has 0 radical (unpaired) electrons. The summed E-state index contributed by atoms with van der Waals surface area (Å²) in [6.45, 7) is 0. The molecule has 0 aliphatic heterocycles. The molecule has 1 aliphatic rings. The second-order valence-corrected chi connectivity index (χ2v) is 4.28. The smallest absolute Gasteiger partial charge is 0.0364 e. The van der Waals surface area contributed by atoms with Crippen molar-refractivity contribution in [1.29, 1.82) is 0 Å². The van der Waals surface area contributed by atoms with Crippen molar-refractivity contribution in [3.63, 3.8) is 0 Å². The van der Waals surface area contributed by atoms with Gasteiger partial charge in [0.2, 0.25) is 0 Å². The van der Waals surface area contributed by atoms with E-state index in [4.69, 9.17) is 5.73 Å². The molecule has 1 aromatic carbocycles. The third-order valence-electron chi connectivity index (χ3n) is 3.01. The highest BCUT2D eigenvalue weighted by molar-refractivity contribution is 5.51. The van der Waals surface area contributed by atoms with Crippen LogP contribution in [0.3, 0.4) is 0 Å². The van der Waals surface area contributed by atoms with E-state index in [9.17, 15) is 0 Å². The first-order valence-corrected chi connectivity index (χ1v) is 5.24. The predicted molar refractivity (Wildman–Crippen MR) is 60.6 cm³/mol. The fourth-order valence-corrected chi connectivity index (χ4v) is 2.10. The Balaban J connectivity index is 2.41. The fourth-order valence-electron chi connectivity index (χ4n) is 2.10. The summed E-state index contributed by atoms with van der Waals surface area (Å²) in [5.41, 5.74) is 10.1. The van der Waals surface area contributed by atoms with E-state index in [2.05, 4.69) is 37.2 Å². The van der Waals surface area contributed by atoms with Gasteiger partial charge in [-0.25, -0.2) is 0 Å². The van der Waals surface area contributed by atoms with Gasteiger partial charge in [0, 0.05) is 25.8 Å². The van der Waals surface area contributed by atoms with Gasteiger partial charge < -0.3 is 10.6 Å². The minimum absolute atomic E-state index is 0.249. The second-order valence-electron chi connectivity index (χ2n) is 4.28. The number of hydrogen-bond donors (Lipinski definition) is 1. The average molecular weight is 190 g/mol.